The zero-order chi connectivity index (χ0) is 13.2. The summed E-state index contributed by atoms with van der Waals surface area (Å²) in [4.78, 5) is 0. The average molecular weight is 266 g/mol. The normalized spacial score (nSPS) is 11.4. The van der Waals surface area contributed by atoms with Crippen LogP contribution >= 0.6 is 0 Å². The second kappa shape index (κ2) is 4.69. The Hall–Kier alpha value is -2.02. The summed E-state index contributed by atoms with van der Waals surface area (Å²) in [5, 5.41) is 3.89. The van der Waals surface area contributed by atoms with Crippen molar-refractivity contribution in [3.05, 3.63) is 42.1 Å². The second-order valence-electron chi connectivity index (χ2n) is 3.95. The molecule has 0 aliphatic carbocycles. The van der Waals surface area contributed by atoms with E-state index in [-0.39, 0.29) is 5.75 Å². The first-order chi connectivity index (χ1) is 8.46. The van der Waals surface area contributed by atoms with E-state index < -0.39 is 10.0 Å². The van der Waals surface area contributed by atoms with Gasteiger partial charge in [0.25, 0.3) is 0 Å². The molecule has 0 spiro atoms. The Labute approximate surface area is 105 Å². The van der Waals surface area contributed by atoms with E-state index in [4.69, 9.17) is 5.73 Å². The quantitative estimate of drug-likeness (QED) is 0.806. The summed E-state index contributed by atoms with van der Waals surface area (Å²) in [6, 6.07) is 8.40. The maximum absolute atomic E-state index is 11.9. The van der Waals surface area contributed by atoms with Crippen LogP contribution in [0, 0.1) is 0 Å². The van der Waals surface area contributed by atoms with E-state index in [0.29, 0.717) is 17.1 Å². The number of hydrogen-bond acceptors (Lipinski definition) is 4. The van der Waals surface area contributed by atoms with Crippen LogP contribution in [0.1, 0.15) is 5.56 Å². The summed E-state index contributed by atoms with van der Waals surface area (Å²) in [7, 11) is -1.80. The molecule has 1 aromatic carbocycles. The molecule has 18 heavy (non-hydrogen) atoms. The van der Waals surface area contributed by atoms with Crippen molar-refractivity contribution in [2.45, 2.75) is 5.75 Å². The molecule has 96 valence electrons. The Morgan fingerprint density at radius 1 is 1.39 bits per heavy atom. The van der Waals surface area contributed by atoms with E-state index >= 15 is 0 Å². The highest BCUT2D eigenvalue weighted by molar-refractivity contribution is 7.91. The Bertz CT molecular complexity index is 649. The van der Waals surface area contributed by atoms with Gasteiger partial charge in [-0.3, -0.25) is 9.40 Å². The number of anilines is 2. The smallest absolute Gasteiger partial charge is 0.238 e. The van der Waals surface area contributed by atoms with Gasteiger partial charge in [-0.25, -0.2) is 8.42 Å². The zero-order valence-corrected chi connectivity index (χ0v) is 10.7. The molecule has 3 N–H and O–H groups in total. The van der Waals surface area contributed by atoms with Gasteiger partial charge in [0.2, 0.25) is 10.0 Å². The highest BCUT2D eigenvalue weighted by Gasteiger charge is 2.13. The lowest BCUT2D eigenvalue weighted by atomic mass is 10.2. The van der Waals surface area contributed by atoms with Gasteiger partial charge in [-0.15, -0.1) is 0 Å². The number of hydrogen-bond donors (Lipinski definition) is 2. The van der Waals surface area contributed by atoms with Gasteiger partial charge in [0.15, 0.2) is 0 Å². The van der Waals surface area contributed by atoms with E-state index in [1.54, 1.807) is 37.4 Å². The van der Waals surface area contributed by atoms with Crippen molar-refractivity contribution in [3.8, 4) is 0 Å². The molecule has 0 atom stereocenters. The Morgan fingerprint density at radius 3 is 2.78 bits per heavy atom. The zero-order valence-electron chi connectivity index (χ0n) is 9.87. The van der Waals surface area contributed by atoms with Crippen molar-refractivity contribution in [2.75, 3.05) is 10.5 Å². The van der Waals surface area contributed by atoms with Crippen molar-refractivity contribution in [3.63, 3.8) is 0 Å². The number of nitrogen functional groups attached to an aromatic ring is 1. The Balaban J connectivity index is 2.15. The van der Waals surface area contributed by atoms with E-state index in [1.165, 1.54) is 10.9 Å². The third kappa shape index (κ3) is 3.01. The van der Waals surface area contributed by atoms with Gasteiger partial charge in [0.05, 0.1) is 11.9 Å². The van der Waals surface area contributed by atoms with Gasteiger partial charge >= 0.3 is 0 Å². The summed E-state index contributed by atoms with van der Waals surface area (Å²) in [6.07, 6.45) is 1.53. The van der Waals surface area contributed by atoms with Crippen LogP contribution in [0.2, 0.25) is 0 Å². The third-order valence-corrected chi connectivity index (χ3v) is 3.62. The van der Waals surface area contributed by atoms with Crippen LogP contribution in [0.15, 0.2) is 36.5 Å². The minimum Gasteiger partial charge on any atom is -0.399 e. The molecule has 7 heteroatoms. The molecule has 2 rings (SSSR count). The number of aryl methyl sites for hydroxylation is 1. The number of aromatic nitrogens is 2. The lowest BCUT2D eigenvalue weighted by Gasteiger charge is -2.08. The van der Waals surface area contributed by atoms with Gasteiger partial charge in [0.1, 0.15) is 5.82 Å². The lowest BCUT2D eigenvalue weighted by Crippen LogP contribution is -2.17. The molecule has 0 saturated heterocycles. The van der Waals surface area contributed by atoms with Gasteiger partial charge in [-0.2, -0.15) is 5.10 Å². The molecule has 0 amide bonds. The largest absolute Gasteiger partial charge is 0.399 e. The van der Waals surface area contributed by atoms with Gasteiger partial charge in [0, 0.05) is 18.8 Å². The van der Waals surface area contributed by atoms with Crippen LogP contribution in [0.25, 0.3) is 0 Å². The molecule has 0 unspecified atom stereocenters. The summed E-state index contributed by atoms with van der Waals surface area (Å²) < 4.78 is 27.8. The number of sulfonamides is 1. The third-order valence-electron chi connectivity index (χ3n) is 2.39. The second-order valence-corrected chi connectivity index (χ2v) is 5.67. The number of nitrogens with two attached hydrogens (primary N) is 1. The fraction of sp³-hybridized carbons (Fsp3) is 0.182. The van der Waals surface area contributed by atoms with E-state index in [1.807, 2.05) is 0 Å². The molecule has 0 fully saturated rings. The molecule has 0 radical (unpaired) electrons. The molecular formula is C11H14N4O2S. The predicted octanol–water partition coefficient (Wildman–Crippen LogP) is 0.944. The topological polar surface area (TPSA) is 90.0 Å². The first-order valence-electron chi connectivity index (χ1n) is 5.29. The van der Waals surface area contributed by atoms with Crippen LogP contribution in [-0.4, -0.2) is 18.2 Å². The molecular weight excluding hydrogens is 252 g/mol. The summed E-state index contributed by atoms with van der Waals surface area (Å²) >= 11 is 0. The number of nitrogens with one attached hydrogen (secondary N) is 1. The highest BCUT2D eigenvalue weighted by atomic mass is 32.2. The molecule has 0 saturated carbocycles. The molecule has 6 nitrogen and oxygen atoms in total. The first-order valence-corrected chi connectivity index (χ1v) is 6.94. The van der Waals surface area contributed by atoms with Crippen molar-refractivity contribution in [1.82, 2.24) is 9.78 Å². The van der Waals surface area contributed by atoms with E-state index in [0.717, 1.165) is 0 Å². The fourth-order valence-corrected chi connectivity index (χ4v) is 2.78. The van der Waals surface area contributed by atoms with Crippen LogP contribution < -0.4 is 10.5 Å². The Kier molecular flexibility index (Phi) is 3.24. The number of nitrogens with zero attached hydrogens (tertiary/aromatic N) is 2. The molecule has 1 aromatic heterocycles. The van der Waals surface area contributed by atoms with E-state index in [9.17, 15) is 8.42 Å². The molecule has 0 aliphatic rings. The molecule has 0 aliphatic heterocycles. The molecule has 2 aromatic rings. The number of rotatable bonds is 4. The Morgan fingerprint density at radius 2 is 2.17 bits per heavy atom. The lowest BCUT2D eigenvalue weighted by molar-refractivity contribution is 0.599. The van der Waals surface area contributed by atoms with Gasteiger partial charge < -0.3 is 5.73 Å². The van der Waals surface area contributed by atoms with Crippen LogP contribution in [0.4, 0.5) is 11.5 Å². The van der Waals surface area contributed by atoms with Crippen molar-refractivity contribution in [1.29, 1.82) is 0 Å². The van der Waals surface area contributed by atoms with Crippen LogP contribution in [0.5, 0.6) is 0 Å². The highest BCUT2D eigenvalue weighted by Crippen LogP contribution is 2.13. The van der Waals surface area contributed by atoms with Gasteiger partial charge in [-0.1, -0.05) is 12.1 Å². The molecule has 0 bridgehead atoms. The summed E-state index contributed by atoms with van der Waals surface area (Å²) in [5.74, 6) is 0.308. The minimum absolute atomic E-state index is 0.122. The average Bonchev–Trinajstić information content (AvgIpc) is 2.62. The van der Waals surface area contributed by atoms with Crippen LogP contribution in [-0.2, 0) is 22.8 Å². The first kappa shape index (κ1) is 12.4. The SMILES string of the molecule is Cn1nccc1NS(=O)(=O)Cc1cccc(N)c1. The maximum Gasteiger partial charge on any atom is 0.238 e. The minimum atomic E-state index is -3.46. The maximum atomic E-state index is 11.9. The van der Waals surface area contributed by atoms with Crippen LogP contribution in [0.3, 0.4) is 0 Å². The standard InChI is InChI=1S/C11H14N4O2S/c1-15-11(5-6-13-15)14-18(16,17)8-9-3-2-4-10(12)7-9/h2-7,14H,8,12H2,1H3. The van der Waals surface area contributed by atoms with Crippen molar-refractivity contribution >= 4 is 21.5 Å². The van der Waals surface area contributed by atoms with E-state index in [2.05, 4.69) is 9.82 Å². The summed E-state index contributed by atoms with van der Waals surface area (Å²) in [6.45, 7) is 0. The predicted molar refractivity (Wildman–Crippen MR) is 70.3 cm³/mol. The van der Waals surface area contributed by atoms with Gasteiger partial charge in [-0.05, 0) is 17.7 Å². The summed E-state index contributed by atoms with van der Waals surface area (Å²) in [5.41, 5.74) is 6.80. The van der Waals surface area contributed by atoms with Crippen molar-refractivity contribution < 1.29 is 8.42 Å². The molecule has 1 heterocycles. The monoisotopic (exact) mass is 266 g/mol. The number of benzene rings is 1. The van der Waals surface area contributed by atoms with Crippen molar-refractivity contribution in [2.24, 2.45) is 7.05 Å². The fourth-order valence-electron chi connectivity index (χ4n) is 1.57.